The highest BCUT2D eigenvalue weighted by Crippen LogP contribution is 2.45. The number of fused-ring (bicyclic) bond motifs is 1. The summed E-state index contributed by atoms with van der Waals surface area (Å²) in [6.07, 6.45) is 3.12. The fourth-order valence-electron chi connectivity index (χ4n) is 5.10. The zero-order valence-electron chi connectivity index (χ0n) is 21.9. The molecule has 200 valence electrons. The molecular weight excluding hydrogens is 482 g/mol. The minimum atomic E-state index is -1.27. The Morgan fingerprint density at radius 2 is 1.97 bits per heavy atom. The van der Waals surface area contributed by atoms with E-state index in [1.54, 1.807) is 38.3 Å². The van der Waals surface area contributed by atoms with Gasteiger partial charge in [0, 0.05) is 18.5 Å². The first kappa shape index (κ1) is 28.8. The Balaban J connectivity index is 1.87. The number of aliphatic hydroxyl groups is 2. The van der Waals surface area contributed by atoms with Crippen molar-refractivity contribution in [2.45, 2.75) is 103 Å². The Bertz CT molecular complexity index is 951. The topological polar surface area (TPSA) is 109 Å². The van der Waals surface area contributed by atoms with E-state index in [0.29, 0.717) is 23.6 Å². The van der Waals surface area contributed by atoms with Crippen molar-refractivity contribution >= 4 is 29.4 Å². The van der Waals surface area contributed by atoms with Crippen molar-refractivity contribution in [3.8, 4) is 0 Å². The molecule has 7 nitrogen and oxygen atoms in total. The van der Waals surface area contributed by atoms with Crippen LogP contribution in [0.25, 0.3) is 6.08 Å². The van der Waals surface area contributed by atoms with Crippen molar-refractivity contribution in [3.63, 3.8) is 0 Å². The molecule has 0 aliphatic carbocycles. The van der Waals surface area contributed by atoms with E-state index in [2.05, 4.69) is 4.98 Å². The molecule has 2 aliphatic heterocycles. The van der Waals surface area contributed by atoms with Crippen LogP contribution in [0.5, 0.6) is 0 Å². The Labute approximate surface area is 219 Å². The maximum absolute atomic E-state index is 13.4. The van der Waals surface area contributed by atoms with Crippen LogP contribution >= 0.6 is 11.6 Å². The third-order valence-electron chi connectivity index (χ3n) is 7.95. The monoisotopic (exact) mass is 521 g/mol. The number of halogens is 1. The molecule has 0 radical (unpaired) electrons. The summed E-state index contributed by atoms with van der Waals surface area (Å²) >= 11 is 6.62. The summed E-state index contributed by atoms with van der Waals surface area (Å²) in [6.45, 7) is 9.08. The number of cyclic esters (lactones) is 1. The van der Waals surface area contributed by atoms with Gasteiger partial charge in [0.25, 0.3) is 0 Å². The first-order valence-corrected chi connectivity index (χ1v) is 13.3. The van der Waals surface area contributed by atoms with Crippen LogP contribution in [-0.2, 0) is 19.1 Å². The number of rotatable bonds is 3. The van der Waals surface area contributed by atoms with Crippen molar-refractivity contribution in [3.05, 3.63) is 35.1 Å². The Hall–Kier alpha value is -1.80. The molecule has 36 heavy (non-hydrogen) atoms. The summed E-state index contributed by atoms with van der Waals surface area (Å²) in [5.41, 5.74) is -0.968. The van der Waals surface area contributed by atoms with Crippen LogP contribution in [0.2, 0.25) is 0 Å². The fraction of sp³-hybridized carbons (Fsp3) is 0.679. The van der Waals surface area contributed by atoms with E-state index in [1.165, 1.54) is 0 Å². The Morgan fingerprint density at radius 3 is 2.61 bits per heavy atom. The van der Waals surface area contributed by atoms with Crippen molar-refractivity contribution in [1.82, 2.24) is 4.98 Å². The minimum absolute atomic E-state index is 0.0889. The van der Waals surface area contributed by atoms with E-state index >= 15 is 0 Å². The van der Waals surface area contributed by atoms with E-state index in [0.717, 1.165) is 19.3 Å². The third kappa shape index (κ3) is 6.74. The molecular formula is C28H40ClNO6. The summed E-state index contributed by atoms with van der Waals surface area (Å²) in [5.74, 6) is -1.62. The first-order chi connectivity index (χ1) is 16.9. The highest BCUT2D eigenvalue weighted by Gasteiger charge is 2.53. The van der Waals surface area contributed by atoms with Crippen LogP contribution in [-0.4, -0.2) is 57.0 Å². The molecule has 7 atom stereocenters. The summed E-state index contributed by atoms with van der Waals surface area (Å²) < 4.78 is 11.8. The summed E-state index contributed by atoms with van der Waals surface area (Å²) in [6, 6.07) is 5.44. The van der Waals surface area contributed by atoms with Gasteiger partial charge in [-0.15, -0.1) is 0 Å². The fourth-order valence-corrected chi connectivity index (χ4v) is 5.35. The Morgan fingerprint density at radius 1 is 1.25 bits per heavy atom. The molecule has 1 aromatic heterocycles. The van der Waals surface area contributed by atoms with Crippen LogP contribution < -0.4 is 0 Å². The molecule has 3 heterocycles. The molecule has 0 aromatic carbocycles. The van der Waals surface area contributed by atoms with Crippen LogP contribution in [0.4, 0.5) is 0 Å². The number of carbonyl (C=O) groups excluding carboxylic acids is 2. The van der Waals surface area contributed by atoms with Gasteiger partial charge in [-0.05, 0) is 50.3 Å². The second-order valence-corrected chi connectivity index (χ2v) is 11.5. The maximum atomic E-state index is 13.4. The van der Waals surface area contributed by atoms with Crippen LogP contribution in [0.1, 0.15) is 78.8 Å². The SMILES string of the molecule is CCC1C(=O)C(C)(C)C(O)CC(=O)OC(C(Cl)=Cc2ccccn2)CC2OC2(C)CCCC(C)C1O. The summed E-state index contributed by atoms with van der Waals surface area (Å²) in [5, 5.41) is 22.2. The smallest absolute Gasteiger partial charge is 0.309 e. The number of aromatic nitrogens is 1. The first-order valence-electron chi connectivity index (χ1n) is 12.9. The number of aliphatic hydroxyl groups excluding tert-OH is 2. The molecule has 2 saturated heterocycles. The quantitative estimate of drug-likeness (QED) is 0.439. The van der Waals surface area contributed by atoms with Gasteiger partial charge in [0.2, 0.25) is 0 Å². The highest BCUT2D eigenvalue weighted by molar-refractivity contribution is 6.32. The van der Waals surface area contributed by atoms with E-state index in [-0.39, 0.29) is 29.8 Å². The second-order valence-electron chi connectivity index (χ2n) is 11.1. The lowest BCUT2D eigenvalue weighted by Crippen LogP contribution is -2.46. The number of ketones is 1. The van der Waals surface area contributed by atoms with Gasteiger partial charge >= 0.3 is 5.97 Å². The van der Waals surface area contributed by atoms with Gasteiger partial charge in [0.05, 0.1) is 46.5 Å². The molecule has 2 N–H and O–H groups in total. The number of Topliss-reactive ketones (excluding diaryl/α,β-unsaturated/α-hetero) is 1. The lowest BCUT2D eigenvalue weighted by Gasteiger charge is -2.35. The number of nitrogens with zero attached hydrogens (tertiary/aromatic N) is 1. The maximum Gasteiger partial charge on any atom is 0.309 e. The van der Waals surface area contributed by atoms with Crippen molar-refractivity contribution in [2.24, 2.45) is 17.3 Å². The summed E-state index contributed by atoms with van der Waals surface area (Å²) in [7, 11) is 0. The molecule has 0 spiro atoms. The van der Waals surface area contributed by atoms with E-state index in [4.69, 9.17) is 21.1 Å². The second kappa shape index (κ2) is 11.7. The lowest BCUT2D eigenvalue weighted by atomic mass is 9.71. The number of esters is 1. The van der Waals surface area contributed by atoms with E-state index < -0.39 is 35.6 Å². The number of pyridine rings is 1. The van der Waals surface area contributed by atoms with Gasteiger partial charge in [0.15, 0.2) is 0 Å². The molecule has 2 fully saturated rings. The number of hydrogen-bond acceptors (Lipinski definition) is 7. The predicted molar refractivity (Wildman–Crippen MR) is 138 cm³/mol. The van der Waals surface area contributed by atoms with Gasteiger partial charge in [0.1, 0.15) is 11.9 Å². The van der Waals surface area contributed by atoms with Gasteiger partial charge in [-0.25, -0.2) is 0 Å². The van der Waals surface area contributed by atoms with E-state index in [9.17, 15) is 19.8 Å². The normalized spacial score (nSPS) is 36.6. The number of ether oxygens (including phenoxy) is 2. The minimum Gasteiger partial charge on any atom is -0.456 e. The van der Waals surface area contributed by atoms with Crippen LogP contribution in [0, 0.1) is 17.3 Å². The molecule has 2 aliphatic rings. The molecule has 7 unspecified atom stereocenters. The van der Waals surface area contributed by atoms with Crippen molar-refractivity contribution in [1.29, 1.82) is 0 Å². The van der Waals surface area contributed by atoms with Crippen LogP contribution in [0.3, 0.4) is 0 Å². The van der Waals surface area contributed by atoms with E-state index in [1.807, 2.05) is 26.8 Å². The molecule has 8 heteroatoms. The molecule has 0 bridgehead atoms. The highest BCUT2D eigenvalue weighted by atomic mass is 35.5. The summed E-state index contributed by atoms with van der Waals surface area (Å²) in [4.78, 5) is 30.6. The average Bonchev–Trinajstić information content (AvgIpc) is 3.47. The van der Waals surface area contributed by atoms with Crippen molar-refractivity contribution in [2.75, 3.05) is 0 Å². The molecule has 3 rings (SSSR count). The van der Waals surface area contributed by atoms with Gasteiger partial charge in [-0.3, -0.25) is 14.6 Å². The molecule has 1 aromatic rings. The standard InChI is InChI=1S/C28H40ClNO6/c1-6-19-25(33)17(2)10-9-12-28(5)23(36-28)15-21(20(29)14-18-11-7-8-13-30-18)35-24(32)16-22(31)27(3,4)26(19)34/h7-8,11,13-14,17,19,21-23,25,31,33H,6,9-10,12,15-16H2,1-5H3. The molecule has 0 amide bonds. The zero-order chi connectivity index (χ0) is 26.7. The average molecular weight is 522 g/mol. The van der Waals surface area contributed by atoms with Gasteiger partial charge in [-0.2, -0.15) is 0 Å². The lowest BCUT2D eigenvalue weighted by molar-refractivity contribution is -0.154. The zero-order valence-corrected chi connectivity index (χ0v) is 22.7. The number of epoxide rings is 1. The Kier molecular flexibility index (Phi) is 9.36. The van der Waals surface area contributed by atoms with Gasteiger partial charge < -0.3 is 19.7 Å². The van der Waals surface area contributed by atoms with Gasteiger partial charge in [-0.1, -0.05) is 51.8 Å². The molecule has 0 saturated carbocycles. The largest absolute Gasteiger partial charge is 0.456 e. The van der Waals surface area contributed by atoms with Crippen molar-refractivity contribution < 1.29 is 29.3 Å². The third-order valence-corrected chi connectivity index (χ3v) is 8.30. The number of carbonyl (C=O) groups is 2. The number of hydrogen-bond donors (Lipinski definition) is 2. The predicted octanol–water partition coefficient (Wildman–Crippen LogP) is 4.67. The van der Waals surface area contributed by atoms with Crippen LogP contribution in [0.15, 0.2) is 29.4 Å².